The number of benzene rings is 1. The molecule has 19 heavy (non-hydrogen) atoms. The van der Waals surface area contributed by atoms with Gasteiger partial charge in [0.25, 0.3) is 5.91 Å². The Bertz CT molecular complexity index is 602. The smallest absolute Gasteiger partial charge is 0.262 e. The second kappa shape index (κ2) is 5.48. The van der Waals surface area contributed by atoms with Gasteiger partial charge in [-0.25, -0.2) is 4.98 Å². The van der Waals surface area contributed by atoms with E-state index in [1.807, 2.05) is 0 Å². The predicted octanol–water partition coefficient (Wildman–Crippen LogP) is 2.59. The average Bonchev–Trinajstić information content (AvgIpc) is 2.40. The topological polar surface area (TPSA) is 53.4 Å². The molecule has 0 bridgehead atoms. The van der Waals surface area contributed by atoms with Gasteiger partial charge in [0.1, 0.15) is 5.75 Å². The standard InChI is InChI=1S/C14H13FN2O2/c1-2-17(10-5-3-6-11(18)9-10)14(19)12-7-4-8-16-13(12)15/h3-9,18H,2H2,1H3. The van der Waals surface area contributed by atoms with Gasteiger partial charge in [-0.05, 0) is 31.2 Å². The maximum Gasteiger partial charge on any atom is 0.262 e. The highest BCUT2D eigenvalue weighted by molar-refractivity contribution is 6.06. The second-order valence-corrected chi connectivity index (χ2v) is 3.91. The molecule has 1 amide bonds. The Labute approximate surface area is 110 Å². The van der Waals surface area contributed by atoms with Crippen LogP contribution < -0.4 is 4.90 Å². The minimum absolute atomic E-state index is 0.0513. The second-order valence-electron chi connectivity index (χ2n) is 3.91. The number of aromatic hydroxyl groups is 1. The minimum Gasteiger partial charge on any atom is -0.508 e. The molecule has 0 atom stereocenters. The average molecular weight is 260 g/mol. The van der Waals surface area contributed by atoms with E-state index < -0.39 is 11.9 Å². The van der Waals surface area contributed by atoms with Gasteiger partial charge in [0.15, 0.2) is 0 Å². The highest BCUT2D eigenvalue weighted by atomic mass is 19.1. The first-order valence-corrected chi connectivity index (χ1v) is 5.85. The first-order valence-electron chi connectivity index (χ1n) is 5.85. The van der Waals surface area contributed by atoms with E-state index in [0.29, 0.717) is 12.2 Å². The third-order valence-corrected chi connectivity index (χ3v) is 2.69. The summed E-state index contributed by atoms with van der Waals surface area (Å²) in [6.07, 6.45) is 1.29. The summed E-state index contributed by atoms with van der Waals surface area (Å²) in [5.41, 5.74) is 0.420. The Morgan fingerprint density at radius 1 is 1.37 bits per heavy atom. The molecule has 1 N–H and O–H groups in total. The van der Waals surface area contributed by atoms with Crippen LogP contribution in [0.5, 0.6) is 5.75 Å². The van der Waals surface area contributed by atoms with Crippen LogP contribution in [-0.4, -0.2) is 22.5 Å². The summed E-state index contributed by atoms with van der Waals surface area (Å²) in [5.74, 6) is -1.24. The van der Waals surface area contributed by atoms with E-state index in [1.54, 1.807) is 19.1 Å². The fourth-order valence-electron chi connectivity index (χ4n) is 1.80. The van der Waals surface area contributed by atoms with E-state index in [9.17, 15) is 14.3 Å². The van der Waals surface area contributed by atoms with E-state index in [0.717, 1.165) is 0 Å². The van der Waals surface area contributed by atoms with E-state index in [2.05, 4.69) is 4.98 Å². The number of hydrogen-bond donors (Lipinski definition) is 1. The Kier molecular flexibility index (Phi) is 3.75. The maximum atomic E-state index is 13.5. The molecular weight excluding hydrogens is 247 g/mol. The van der Waals surface area contributed by atoms with Crippen LogP contribution in [0.15, 0.2) is 42.6 Å². The number of hydrogen-bond acceptors (Lipinski definition) is 3. The van der Waals surface area contributed by atoms with E-state index >= 15 is 0 Å². The van der Waals surface area contributed by atoms with Crippen LogP contribution >= 0.6 is 0 Å². The number of pyridine rings is 1. The Morgan fingerprint density at radius 2 is 2.16 bits per heavy atom. The van der Waals surface area contributed by atoms with Crippen molar-refractivity contribution in [3.05, 3.63) is 54.1 Å². The monoisotopic (exact) mass is 260 g/mol. The molecule has 1 aromatic carbocycles. The fraction of sp³-hybridized carbons (Fsp3) is 0.143. The number of nitrogens with zero attached hydrogens (tertiary/aromatic N) is 2. The lowest BCUT2D eigenvalue weighted by molar-refractivity contribution is 0.0983. The van der Waals surface area contributed by atoms with Crippen molar-refractivity contribution in [2.24, 2.45) is 0 Å². The van der Waals surface area contributed by atoms with Crippen LogP contribution in [0.4, 0.5) is 10.1 Å². The highest BCUT2D eigenvalue weighted by Gasteiger charge is 2.20. The zero-order valence-corrected chi connectivity index (χ0v) is 10.4. The first kappa shape index (κ1) is 13.0. The van der Waals surface area contributed by atoms with Gasteiger partial charge in [0, 0.05) is 24.5 Å². The quantitative estimate of drug-likeness (QED) is 0.863. The molecule has 0 spiro atoms. The number of rotatable bonds is 3. The van der Waals surface area contributed by atoms with Crippen LogP contribution in [-0.2, 0) is 0 Å². The molecule has 0 aliphatic carbocycles. The summed E-state index contributed by atoms with van der Waals surface area (Å²) in [7, 11) is 0. The van der Waals surface area contributed by atoms with E-state index in [4.69, 9.17) is 0 Å². The SMILES string of the molecule is CCN(C(=O)c1cccnc1F)c1cccc(O)c1. The number of carbonyl (C=O) groups is 1. The van der Waals surface area contributed by atoms with Gasteiger partial charge in [-0.1, -0.05) is 6.07 Å². The summed E-state index contributed by atoms with van der Waals surface area (Å²) < 4.78 is 13.5. The van der Waals surface area contributed by atoms with Crippen LogP contribution in [0.2, 0.25) is 0 Å². The molecule has 1 heterocycles. The Morgan fingerprint density at radius 3 is 2.79 bits per heavy atom. The lowest BCUT2D eigenvalue weighted by atomic mass is 10.2. The Hall–Kier alpha value is -2.43. The van der Waals surface area contributed by atoms with Gasteiger partial charge in [-0.15, -0.1) is 0 Å². The number of anilines is 1. The summed E-state index contributed by atoms with van der Waals surface area (Å²) in [6.45, 7) is 2.13. The molecule has 0 radical (unpaired) electrons. The number of phenols is 1. The molecule has 0 saturated carbocycles. The molecule has 5 heteroatoms. The lowest BCUT2D eigenvalue weighted by Gasteiger charge is -2.21. The van der Waals surface area contributed by atoms with Gasteiger partial charge < -0.3 is 10.0 Å². The molecule has 98 valence electrons. The van der Waals surface area contributed by atoms with Gasteiger partial charge in [0.05, 0.1) is 5.56 Å². The molecule has 2 aromatic rings. The van der Waals surface area contributed by atoms with Crippen molar-refractivity contribution >= 4 is 11.6 Å². The van der Waals surface area contributed by atoms with Gasteiger partial charge >= 0.3 is 0 Å². The van der Waals surface area contributed by atoms with Crippen molar-refractivity contribution < 1.29 is 14.3 Å². The number of aromatic nitrogens is 1. The zero-order chi connectivity index (χ0) is 13.8. The maximum absolute atomic E-state index is 13.5. The van der Waals surface area contributed by atoms with Gasteiger partial charge in [-0.3, -0.25) is 4.79 Å². The number of halogens is 1. The van der Waals surface area contributed by atoms with Crippen molar-refractivity contribution in [1.29, 1.82) is 0 Å². The van der Waals surface area contributed by atoms with Gasteiger partial charge in [-0.2, -0.15) is 4.39 Å². The van der Waals surface area contributed by atoms with Crippen LogP contribution in [0.3, 0.4) is 0 Å². The molecule has 0 unspecified atom stereocenters. The minimum atomic E-state index is -0.800. The van der Waals surface area contributed by atoms with Crippen molar-refractivity contribution in [1.82, 2.24) is 4.98 Å². The van der Waals surface area contributed by atoms with E-state index in [-0.39, 0.29) is 11.3 Å². The normalized spacial score (nSPS) is 10.2. The number of phenolic OH excluding ortho intramolecular Hbond substituents is 1. The first-order chi connectivity index (χ1) is 9.13. The summed E-state index contributed by atoms with van der Waals surface area (Å²) in [6, 6.07) is 9.15. The number of amides is 1. The van der Waals surface area contributed by atoms with Gasteiger partial charge in [0.2, 0.25) is 5.95 Å². The third kappa shape index (κ3) is 2.70. The molecule has 0 aliphatic rings. The zero-order valence-electron chi connectivity index (χ0n) is 10.4. The molecule has 1 aromatic heterocycles. The van der Waals surface area contributed by atoms with Crippen LogP contribution in [0, 0.1) is 5.95 Å². The molecule has 0 fully saturated rings. The van der Waals surface area contributed by atoms with Crippen molar-refractivity contribution in [2.45, 2.75) is 6.92 Å². The van der Waals surface area contributed by atoms with E-state index in [1.165, 1.54) is 35.4 Å². The predicted molar refractivity (Wildman–Crippen MR) is 69.7 cm³/mol. The molecule has 2 rings (SSSR count). The summed E-state index contributed by atoms with van der Waals surface area (Å²) in [4.78, 5) is 17.1. The van der Waals surface area contributed by atoms with Crippen molar-refractivity contribution in [3.63, 3.8) is 0 Å². The van der Waals surface area contributed by atoms with Crippen molar-refractivity contribution in [2.75, 3.05) is 11.4 Å². The molecule has 0 saturated heterocycles. The number of carbonyl (C=O) groups excluding carboxylic acids is 1. The van der Waals surface area contributed by atoms with Crippen LogP contribution in [0.1, 0.15) is 17.3 Å². The molecular formula is C14H13FN2O2. The summed E-state index contributed by atoms with van der Waals surface area (Å²) >= 11 is 0. The largest absolute Gasteiger partial charge is 0.508 e. The highest BCUT2D eigenvalue weighted by Crippen LogP contribution is 2.22. The molecule has 4 nitrogen and oxygen atoms in total. The lowest BCUT2D eigenvalue weighted by Crippen LogP contribution is -2.31. The molecule has 0 aliphatic heterocycles. The van der Waals surface area contributed by atoms with Crippen molar-refractivity contribution in [3.8, 4) is 5.75 Å². The third-order valence-electron chi connectivity index (χ3n) is 2.69. The fourth-order valence-corrected chi connectivity index (χ4v) is 1.80. The van der Waals surface area contributed by atoms with Crippen LogP contribution in [0.25, 0.3) is 0 Å². The summed E-state index contributed by atoms with van der Waals surface area (Å²) in [5, 5.41) is 9.44. The Balaban J connectivity index is 2.38.